The van der Waals surface area contributed by atoms with E-state index in [1.54, 1.807) is 44.4 Å². The standard InChI is InChI=1S/C28H26N2O8/c1-30(2)22-17-10-14-9-16-15(13-5-3-4-12(8-13)11-31)6-7-18(32)20(16)23(33)19(14)25(35)28(17,38)26(36)21(24(22)34)27(29)37/h3-8,11,14,17,22,32-33,36,38H,9-10H2,1-2H3,(H2,29,37)/t14?,17?,22-,28-/m0/s1. The number of aromatic hydroxyl groups is 1. The molecule has 10 heteroatoms. The average molecular weight is 519 g/mol. The molecule has 0 heterocycles. The second-order valence-electron chi connectivity index (χ2n) is 10.2. The third-order valence-corrected chi connectivity index (χ3v) is 7.94. The molecule has 2 aromatic rings. The second-order valence-corrected chi connectivity index (χ2v) is 10.2. The number of aliphatic hydroxyl groups is 3. The van der Waals surface area contributed by atoms with Crippen LogP contribution in [0, 0.1) is 11.8 Å². The van der Waals surface area contributed by atoms with Crippen molar-refractivity contribution in [2.75, 3.05) is 14.1 Å². The summed E-state index contributed by atoms with van der Waals surface area (Å²) in [7, 11) is 3.09. The Bertz CT molecular complexity index is 1500. The van der Waals surface area contributed by atoms with Gasteiger partial charge in [0.15, 0.2) is 11.4 Å². The van der Waals surface area contributed by atoms with E-state index in [0.29, 0.717) is 28.5 Å². The van der Waals surface area contributed by atoms with Gasteiger partial charge in [-0.2, -0.15) is 0 Å². The number of aldehydes is 1. The summed E-state index contributed by atoms with van der Waals surface area (Å²) in [6.07, 6.45) is 0.854. The number of nitrogens with two attached hydrogens (primary N) is 1. The lowest BCUT2D eigenvalue weighted by Crippen LogP contribution is -2.65. The third kappa shape index (κ3) is 3.34. The van der Waals surface area contributed by atoms with Crippen LogP contribution in [-0.2, 0) is 20.8 Å². The van der Waals surface area contributed by atoms with Crippen molar-refractivity contribution in [1.29, 1.82) is 0 Å². The summed E-state index contributed by atoms with van der Waals surface area (Å²) in [6.45, 7) is 0. The second kappa shape index (κ2) is 8.64. The number of rotatable bonds is 4. The first-order valence-corrected chi connectivity index (χ1v) is 12.0. The van der Waals surface area contributed by atoms with E-state index < -0.39 is 58.0 Å². The molecule has 3 aliphatic carbocycles. The fraction of sp³-hybridized carbons (Fsp3) is 0.286. The molecule has 1 saturated carbocycles. The van der Waals surface area contributed by atoms with Crippen molar-refractivity contribution in [1.82, 2.24) is 4.90 Å². The zero-order valence-electron chi connectivity index (χ0n) is 20.6. The quantitative estimate of drug-likeness (QED) is 0.296. The first-order valence-electron chi connectivity index (χ1n) is 12.0. The van der Waals surface area contributed by atoms with Crippen LogP contribution in [0.3, 0.4) is 0 Å². The van der Waals surface area contributed by atoms with E-state index in [2.05, 4.69) is 0 Å². The first-order chi connectivity index (χ1) is 17.9. The van der Waals surface area contributed by atoms with E-state index in [1.807, 2.05) is 0 Å². The molecule has 10 nitrogen and oxygen atoms in total. The van der Waals surface area contributed by atoms with Gasteiger partial charge in [-0.1, -0.05) is 24.3 Å². The number of ketones is 2. The molecule has 0 saturated heterocycles. The number of aliphatic hydroxyl groups excluding tert-OH is 2. The van der Waals surface area contributed by atoms with Gasteiger partial charge < -0.3 is 26.2 Å². The number of Topliss-reactive ketones (excluding diaryl/α,β-unsaturated/α-hetero) is 2. The van der Waals surface area contributed by atoms with E-state index in [9.17, 15) is 39.6 Å². The van der Waals surface area contributed by atoms with Gasteiger partial charge in [0, 0.05) is 17.1 Å². The Labute approximate surface area is 217 Å². The van der Waals surface area contributed by atoms with Crippen LogP contribution in [0.2, 0.25) is 0 Å². The van der Waals surface area contributed by atoms with Crippen molar-refractivity contribution < 1.29 is 39.6 Å². The minimum absolute atomic E-state index is 0.00436. The summed E-state index contributed by atoms with van der Waals surface area (Å²) in [4.78, 5) is 51.9. The first kappa shape index (κ1) is 25.4. The molecule has 6 N–H and O–H groups in total. The summed E-state index contributed by atoms with van der Waals surface area (Å²) in [5, 5.41) is 44.6. The van der Waals surface area contributed by atoms with Crippen molar-refractivity contribution in [3.05, 3.63) is 70.0 Å². The van der Waals surface area contributed by atoms with E-state index in [-0.39, 0.29) is 29.7 Å². The zero-order valence-corrected chi connectivity index (χ0v) is 20.6. The molecule has 2 unspecified atom stereocenters. The van der Waals surface area contributed by atoms with Gasteiger partial charge in [0.2, 0.25) is 5.78 Å². The number of primary amides is 1. The number of fused-ring (bicyclic) bond motifs is 3. The monoisotopic (exact) mass is 518 g/mol. The number of nitrogens with zero attached hydrogens (tertiary/aromatic N) is 1. The lowest BCUT2D eigenvalue weighted by molar-refractivity contribution is -0.153. The van der Waals surface area contributed by atoms with Crippen LogP contribution in [0.1, 0.15) is 27.9 Å². The summed E-state index contributed by atoms with van der Waals surface area (Å²) in [5.74, 6) is -6.99. The Morgan fingerprint density at radius 2 is 1.84 bits per heavy atom. The Kier molecular flexibility index (Phi) is 5.77. The molecule has 0 radical (unpaired) electrons. The fourth-order valence-corrected chi connectivity index (χ4v) is 6.29. The number of likely N-dealkylation sites (N-methyl/N-ethyl adjacent to an activating group) is 1. The maximum Gasteiger partial charge on any atom is 0.255 e. The van der Waals surface area contributed by atoms with Crippen LogP contribution in [0.25, 0.3) is 16.9 Å². The fourth-order valence-electron chi connectivity index (χ4n) is 6.29. The highest BCUT2D eigenvalue weighted by Crippen LogP contribution is 2.53. The van der Waals surface area contributed by atoms with Crippen molar-refractivity contribution in [3.63, 3.8) is 0 Å². The normalized spacial score (nSPS) is 26.7. The maximum atomic E-state index is 13.9. The van der Waals surface area contributed by atoms with Crippen LogP contribution < -0.4 is 5.73 Å². The molecule has 2 aromatic carbocycles. The number of hydrogen-bond donors (Lipinski definition) is 5. The number of phenolic OH excluding ortho intramolecular Hbond substituents is 1. The average Bonchev–Trinajstić information content (AvgIpc) is 2.86. The highest BCUT2D eigenvalue weighted by Gasteiger charge is 2.64. The number of benzene rings is 2. The highest BCUT2D eigenvalue weighted by molar-refractivity contribution is 6.24. The van der Waals surface area contributed by atoms with Gasteiger partial charge >= 0.3 is 0 Å². The summed E-state index contributed by atoms with van der Waals surface area (Å²) >= 11 is 0. The molecule has 3 aliphatic rings. The van der Waals surface area contributed by atoms with Gasteiger partial charge in [-0.3, -0.25) is 24.1 Å². The lowest BCUT2D eigenvalue weighted by Gasteiger charge is -2.50. The number of amides is 1. The van der Waals surface area contributed by atoms with E-state index >= 15 is 0 Å². The summed E-state index contributed by atoms with van der Waals surface area (Å²) < 4.78 is 0. The van der Waals surface area contributed by atoms with Gasteiger partial charge in [0.1, 0.15) is 29.1 Å². The molecule has 1 amide bonds. The Balaban J connectivity index is 1.74. The highest BCUT2D eigenvalue weighted by atomic mass is 16.3. The predicted molar refractivity (Wildman–Crippen MR) is 135 cm³/mol. The third-order valence-electron chi connectivity index (χ3n) is 7.94. The minimum atomic E-state index is -2.68. The van der Waals surface area contributed by atoms with Gasteiger partial charge in [0.25, 0.3) is 5.91 Å². The molecule has 38 heavy (non-hydrogen) atoms. The number of carbonyl (C=O) groups excluding carboxylic acids is 4. The van der Waals surface area contributed by atoms with Crippen molar-refractivity contribution in [2.45, 2.75) is 24.5 Å². The molecule has 4 atom stereocenters. The van der Waals surface area contributed by atoms with Crippen LogP contribution in [0.4, 0.5) is 0 Å². The molecule has 196 valence electrons. The lowest BCUT2D eigenvalue weighted by atomic mass is 9.57. The summed E-state index contributed by atoms with van der Waals surface area (Å²) in [5.41, 5.74) is 3.82. The van der Waals surface area contributed by atoms with E-state index in [4.69, 9.17) is 5.73 Å². The van der Waals surface area contributed by atoms with Gasteiger partial charge in [0.05, 0.1) is 11.6 Å². The molecule has 0 bridgehead atoms. The van der Waals surface area contributed by atoms with Gasteiger partial charge in [-0.15, -0.1) is 0 Å². The molecule has 0 aliphatic heterocycles. The largest absolute Gasteiger partial charge is 0.508 e. The van der Waals surface area contributed by atoms with Crippen LogP contribution in [-0.4, -0.2) is 74.8 Å². The Morgan fingerprint density at radius 1 is 1.13 bits per heavy atom. The number of phenols is 1. The molecule has 5 rings (SSSR count). The van der Waals surface area contributed by atoms with Crippen molar-refractivity contribution in [2.24, 2.45) is 17.6 Å². The van der Waals surface area contributed by atoms with E-state index in [1.165, 1.54) is 11.0 Å². The zero-order chi connectivity index (χ0) is 27.7. The Hall–Kier alpha value is -4.28. The number of hydrogen-bond acceptors (Lipinski definition) is 9. The molecule has 1 fully saturated rings. The van der Waals surface area contributed by atoms with Crippen molar-refractivity contribution in [3.8, 4) is 16.9 Å². The number of carbonyl (C=O) groups is 4. The smallest absolute Gasteiger partial charge is 0.255 e. The minimum Gasteiger partial charge on any atom is -0.508 e. The summed E-state index contributed by atoms with van der Waals surface area (Å²) in [6, 6.07) is 8.63. The van der Waals surface area contributed by atoms with Crippen molar-refractivity contribution >= 4 is 29.5 Å². The molecular weight excluding hydrogens is 492 g/mol. The molecule has 0 aromatic heterocycles. The topological polar surface area (TPSA) is 178 Å². The maximum absolute atomic E-state index is 13.9. The Morgan fingerprint density at radius 3 is 2.47 bits per heavy atom. The van der Waals surface area contributed by atoms with Gasteiger partial charge in [-0.25, -0.2) is 0 Å². The van der Waals surface area contributed by atoms with Gasteiger partial charge in [-0.05, 0) is 61.7 Å². The SMILES string of the molecule is CN(C)[C@@H]1C(=O)C(C(N)=O)=C(O)[C@@]2(O)C(=O)C3=C(O)c4c(O)ccc(-c5cccc(C=O)c5)c4CC3CC12. The van der Waals surface area contributed by atoms with E-state index in [0.717, 1.165) is 0 Å². The molecule has 0 spiro atoms. The van der Waals surface area contributed by atoms with Crippen LogP contribution >= 0.6 is 0 Å². The van der Waals surface area contributed by atoms with Crippen LogP contribution in [0.5, 0.6) is 5.75 Å². The molecular formula is C28H26N2O8. The predicted octanol–water partition coefficient (Wildman–Crippen LogP) is 1.44. The van der Waals surface area contributed by atoms with Crippen LogP contribution in [0.15, 0.2) is 53.3 Å².